The standard InChI is InChI=1S/C13H18N4O/c1-9(14)8-17-12-10(7-15-17)3-4-11-13(12)16(2)5-6-18-11/h3-4,7,9H,5-6,8,14H2,1-2H3/t9-/m0/s1. The van der Waals surface area contributed by atoms with Gasteiger partial charge in [0.1, 0.15) is 18.0 Å². The van der Waals surface area contributed by atoms with Crippen molar-refractivity contribution in [3.63, 3.8) is 0 Å². The van der Waals surface area contributed by atoms with E-state index in [1.807, 2.05) is 23.9 Å². The van der Waals surface area contributed by atoms with Crippen LogP contribution in [0.4, 0.5) is 5.69 Å². The van der Waals surface area contributed by atoms with Crippen molar-refractivity contribution in [2.45, 2.75) is 19.5 Å². The number of hydrogen-bond acceptors (Lipinski definition) is 4. The molecule has 0 unspecified atom stereocenters. The Bertz CT molecular complexity index is 576. The molecule has 0 amide bonds. The van der Waals surface area contributed by atoms with Gasteiger partial charge in [0, 0.05) is 18.5 Å². The molecule has 96 valence electrons. The number of hydrogen-bond donors (Lipinski definition) is 1. The molecule has 18 heavy (non-hydrogen) atoms. The summed E-state index contributed by atoms with van der Waals surface area (Å²) >= 11 is 0. The van der Waals surface area contributed by atoms with Crippen LogP contribution in [0.5, 0.6) is 5.75 Å². The summed E-state index contributed by atoms with van der Waals surface area (Å²) in [5, 5.41) is 5.56. The third kappa shape index (κ3) is 1.71. The molecule has 2 N–H and O–H groups in total. The molecule has 0 saturated carbocycles. The Hall–Kier alpha value is -1.75. The number of benzene rings is 1. The first-order valence-electron chi connectivity index (χ1n) is 6.25. The largest absolute Gasteiger partial charge is 0.489 e. The van der Waals surface area contributed by atoms with Gasteiger partial charge in [-0.15, -0.1) is 0 Å². The molecule has 5 nitrogen and oxygen atoms in total. The van der Waals surface area contributed by atoms with Crippen molar-refractivity contribution in [1.29, 1.82) is 0 Å². The summed E-state index contributed by atoms with van der Waals surface area (Å²) < 4.78 is 7.69. The molecular formula is C13H18N4O. The van der Waals surface area contributed by atoms with Gasteiger partial charge in [-0.25, -0.2) is 0 Å². The summed E-state index contributed by atoms with van der Waals surface area (Å²) in [5.74, 6) is 0.933. The number of ether oxygens (including phenoxy) is 1. The lowest BCUT2D eigenvalue weighted by Crippen LogP contribution is -2.30. The third-order valence-corrected chi connectivity index (χ3v) is 3.27. The van der Waals surface area contributed by atoms with Crippen molar-refractivity contribution in [2.24, 2.45) is 5.73 Å². The number of nitrogens with two attached hydrogens (primary N) is 1. The zero-order valence-electron chi connectivity index (χ0n) is 10.8. The van der Waals surface area contributed by atoms with Gasteiger partial charge < -0.3 is 15.4 Å². The highest BCUT2D eigenvalue weighted by atomic mass is 16.5. The van der Waals surface area contributed by atoms with E-state index < -0.39 is 0 Å². The second-order valence-corrected chi connectivity index (χ2v) is 4.92. The summed E-state index contributed by atoms with van der Waals surface area (Å²) in [4.78, 5) is 2.22. The van der Waals surface area contributed by atoms with E-state index in [2.05, 4.69) is 23.1 Å². The first kappa shape index (κ1) is 11.3. The fraction of sp³-hybridized carbons (Fsp3) is 0.462. The van der Waals surface area contributed by atoms with Gasteiger partial charge in [-0.3, -0.25) is 4.68 Å². The van der Waals surface area contributed by atoms with Crippen molar-refractivity contribution >= 4 is 16.6 Å². The number of anilines is 1. The van der Waals surface area contributed by atoms with E-state index in [1.54, 1.807) is 0 Å². The van der Waals surface area contributed by atoms with Crippen molar-refractivity contribution in [3.05, 3.63) is 18.3 Å². The van der Waals surface area contributed by atoms with Gasteiger partial charge in [0.05, 0.1) is 24.8 Å². The van der Waals surface area contributed by atoms with E-state index in [1.165, 1.54) is 0 Å². The molecule has 0 fully saturated rings. The number of aromatic nitrogens is 2. The smallest absolute Gasteiger partial charge is 0.144 e. The molecule has 2 aromatic rings. The number of nitrogens with zero attached hydrogens (tertiary/aromatic N) is 3. The average molecular weight is 246 g/mol. The van der Waals surface area contributed by atoms with Gasteiger partial charge in [0.2, 0.25) is 0 Å². The minimum atomic E-state index is 0.0822. The summed E-state index contributed by atoms with van der Waals surface area (Å²) in [6.45, 7) is 4.34. The maximum absolute atomic E-state index is 5.88. The maximum Gasteiger partial charge on any atom is 0.144 e. The quantitative estimate of drug-likeness (QED) is 0.865. The van der Waals surface area contributed by atoms with E-state index in [0.29, 0.717) is 6.54 Å². The van der Waals surface area contributed by atoms with Gasteiger partial charge >= 0.3 is 0 Å². The van der Waals surface area contributed by atoms with Gasteiger partial charge in [-0.1, -0.05) is 0 Å². The highest BCUT2D eigenvalue weighted by Crippen LogP contribution is 2.37. The van der Waals surface area contributed by atoms with E-state index >= 15 is 0 Å². The Kier molecular flexibility index (Phi) is 2.63. The molecule has 2 heterocycles. The molecule has 0 aliphatic carbocycles. The Morgan fingerprint density at radius 1 is 1.50 bits per heavy atom. The molecule has 1 aromatic carbocycles. The van der Waals surface area contributed by atoms with E-state index in [-0.39, 0.29) is 6.04 Å². The van der Waals surface area contributed by atoms with Crippen molar-refractivity contribution in [3.8, 4) is 5.75 Å². The molecule has 0 saturated heterocycles. The van der Waals surface area contributed by atoms with Crippen molar-refractivity contribution in [1.82, 2.24) is 9.78 Å². The predicted octanol–water partition coefficient (Wildman–Crippen LogP) is 1.21. The van der Waals surface area contributed by atoms with Crippen molar-refractivity contribution < 1.29 is 4.74 Å². The molecule has 1 aliphatic heterocycles. The molecule has 1 aliphatic rings. The normalized spacial score (nSPS) is 16.5. The minimum Gasteiger partial charge on any atom is -0.489 e. The topological polar surface area (TPSA) is 56.3 Å². The third-order valence-electron chi connectivity index (χ3n) is 3.27. The fourth-order valence-electron chi connectivity index (χ4n) is 2.44. The molecule has 0 radical (unpaired) electrons. The monoisotopic (exact) mass is 246 g/mol. The lowest BCUT2D eigenvalue weighted by atomic mass is 10.1. The van der Waals surface area contributed by atoms with E-state index in [9.17, 15) is 0 Å². The number of likely N-dealkylation sites (N-methyl/N-ethyl adjacent to an activating group) is 1. The van der Waals surface area contributed by atoms with Crippen LogP contribution in [0.25, 0.3) is 10.9 Å². The number of fused-ring (bicyclic) bond motifs is 3. The Balaban J connectivity index is 2.21. The molecule has 1 aromatic heterocycles. The molecular weight excluding hydrogens is 228 g/mol. The zero-order chi connectivity index (χ0) is 12.7. The van der Waals surface area contributed by atoms with E-state index in [0.717, 1.165) is 35.5 Å². The lowest BCUT2D eigenvalue weighted by Gasteiger charge is -2.28. The van der Waals surface area contributed by atoms with Crippen LogP contribution in [0.2, 0.25) is 0 Å². The van der Waals surface area contributed by atoms with Crippen LogP contribution in [-0.2, 0) is 6.54 Å². The molecule has 5 heteroatoms. The van der Waals surface area contributed by atoms with Crippen LogP contribution in [0.3, 0.4) is 0 Å². The summed E-state index contributed by atoms with van der Waals surface area (Å²) in [7, 11) is 2.09. The lowest BCUT2D eigenvalue weighted by molar-refractivity contribution is 0.312. The summed E-state index contributed by atoms with van der Waals surface area (Å²) in [6, 6.07) is 4.15. The molecule has 0 bridgehead atoms. The zero-order valence-corrected chi connectivity index (χ0v) is 10.8. The predicted molar refractivity (Wildman–Crippen MR) is 72.1 cm³/mol. The summed E-state index contributed by atoms with van der Waals surface area (Å²) in [5.41, 5.74) is 8.12. The Morgan fingerprint density at radius 3 is 3.11 bits per heavy atom. The first-order valence-corrected chi connectivity index (χ1v) is 6.25. The van der Waals surface area contributed by atoms with Crippen LogP contribution in [0, 0.1) is 0 Å². The minimum absolute atomic E-state index is 0.0822. The molecule has 0 spiro atoms. The molecule has 3 rings (SSSR count). The van der Waals surface area contributed by atoms with E-state index in [4.69, 9.17) is 10.5 Å². The average Bonchev–Trinajstić information content (AvgIpc) is 2.72. The van der Waals surface area contributed by atoms with Gasteiger partial charge in [-0.2, -0.15) is 5.10 Å². The maximum atomic E-state index is 5.88. The Labute approximate surface area is 106 Å². The highest BCUT2D eigenvalue weighted by molar-refractivity contribution is 5.95. The van der Waals surface area contributed by atoms with Crippen LogP contribution in [0.15, 0.2) is 18.3 Å². The van der Waals surface area contributed by atoms with Crippen LogP contribution in [-0.4, -0.2) is 36.0 Å². The van der Waals surface area contributed by atoms with Gasteiger partial charge in [0.25, 0.3) is 0 Å². The Morgan fingerprint density at radius 2 is 2.33 bits per heavy atom. The SMILES string of the molecule is C[C@H](N)Cn1ncc2ccc3c(c21)N(C)CCO3. The summed E-state index contributed by atoms with van der Waals surface area (Å²) in [6.07, 6.45) is 1.89. The van der Waals surface area contributed by atoms with Gasteiger partial charge in [-0.05, 0) is 19.1 Å². The second kappa shape index (κ2) is 4.17. The second-order valence-electron chi connectivity index (χ2n) is 4.92. The highest BCUT2D eigenvalue weighted by Gasteiger charge is 2.21. The first-order chi connectivity index (χ1) is 8.66. The van der Waals surface area contributed by atoms with Crippen molar-refractivity contribution in [2.75, 3.05) is 25.1 Å². The van der Waals surface area contributed by atoms with Crippen LogP contribution < -0.4 is 15.4 Å². The molecule has 1 atom stereocenters. The fourth-order valence-corrected chi connectivity index (χ4v) is 2.44. The number of rotatable bonds is 2. The van der Waals surface area contributed by atoms with Crippen LogP contribution in [0.1, 0.15) is 6.92 Å². The van der Waals surface area contributed by atoms with Crippen LogP contribution >= 0.6 is 0 Å². The van der Waals surface area contributed by atoms with Gasteiger partial charge in [0.15, 0.2) is 0 Å².